The molecule has 9 heteroatoms. The molecule has 154 valence electrons. The van der Waals surface area contributed by atoms with Crippen LogP contribution in [-0.4, -0.2) is 47.5 Å². The van der Waals surface area contributed by atoms with E-state index >= 15 is 0 Å². The first kappa shape index (κ1) is 20.5. The minimum Gasteiger partial charge on any atom is -0.378 e. The van der Waals surface area contributed by atoms with Crippen LogP contribution in [0.1, 0.15) is 11.1 Å². The van der Waals surface area contributed by atoms with Crippen molar-refractivity contribution >= 4 is 52.3 Å². The SMILES string of the molecule is Cc1ccc(Nc2nc(NN=Cc3ccc(I)cc3)nc(N3CCOCC3)n2)cc1. The van der Waals surface area contributed by atoms with Gasteiger partial charge in [0.05, 0.1) is 19.4 Å². The molecule has 8 nitrogen and oxygen atoms in total. The molecular formula is C21H22IN7O. The summed E-state index contributed by atoms with van der Waals surface area (Å²) in [6.45, 7) is 4.83. The minimum atomic E-state index is 0.378. The summed E-state index contributed by atoms with van der Waals surface area (Å²) in [6, 6.07) is 16.1. The zero-order valence-electron chi connectivity index (χ0n) is 16.5. The van der Waals surface area contributed by atoms with Gasteiger partial charge >= 0.3 is 0 Å². The van der Waals surface area contributed by atoms with E-state index in [0.29, 0.717) is 31.1 Å². The third kappa shape index (κ3) is 5.63. The van der Waals surface area contributed by atoms with Gasteiger partial charge in [-0.2, -0.15) is 20.1 Å². The molecule has 1 aliphatic rings. The Labute approximate surface area is 188 Å². The van der Waals surface area contributed by atoms with E-state index in [2.05, 4.69) is 65.2 Å². The summed E-state index contributed by atoms with van der Waals surface area (Å²) in [5, 5.41) is 7.54. The molecule has 2 aromatic carbocycles. The van der Waals surface area contributed by atoms with Crippen LogP contribution >= 0.6 is 22.6 Å². The second kappa shape index (κ2) is 9.81. The second-order valence-electron chi connectivity index (χ2n) is 6.79. The first-order valence-corrected chi connectivity index (χ1v) is 10.7. The zero-order valence-corrected chi connectivity index (χ0v) is 18.7. The van der Waals surface area contributed by atoms with Crippen LogP contribution in [0.15, 0.2) is 53.6 Å². The predicted octanol–water partition coefficient (Wildman–Crippen LogP) is 3.81. The summed E-state index contributed by atoms with van der Waals surface area (Å²) in [5.41, 5.74) is 6.02. The van der Waals surface area contributed by atoms with Crippen LogP contribution in [0, 0.1) is 10.5 Å². The van der Waals surface area contributed by atoms with E-state index in [4.69, 9.17) is 4.74 Å². The van der Waals surface area contributed by atoms with Gasteiger partial charge in [-0.3, -0.25) is 0 Å². The molecule has 0 amide bonds. The molecular weight excluding hydrogens is 493 g/mol. The van der Waals surface area contributed by atoms with Crippen LogP contribution in [0.5, 0.6) is 0 Å². The number of ether oxygens (including phenoxy) is 1. The summed E-state index contributed by atoms with van der Waals surface area (Å²) in [4.78, 5) is 15.7. The third-order valence-corrected chi connectivity index (χ3v) is 5.19. The van der Waals surface area contributed by atoms with E-state index in [9.17, 15) is 0 Å². The number of nitrogens with one attached hydrogen (secondary N) is 2. The van der Waals surface area contributed by atoms with Gasteiger partial charge in [0, 0.05) is 22.3 Å². The highest BCUT2D eigenvalue weighted by Crippen LogP contribution is 2.19. The molecule has 1 aliphatic heterocycles. The minimum absolute atomic E-state index is 0.378. The van der Waals surface area contributed by atoms with E-state index in [1.54, 1.807) is 6.21 Å². The first-order valence-electron chi connectivity index (χ1n) is 9.63. The molecule has 0 atom stereocenters. The smallest absolute Gasteiger partial charge is 0.250 e. The maximum absolute atomic E-state index is 5.44. The average Bonchev–Trinajstić information content (AvgIpc) is 2.77. The highest BCUT2D eigenvalue weighted by Gasteiger charge is 2.16. The number of rotatable bonds is 6. The molecule has 2 N–H and O–H groups in total. The highest BCUT2D eigenvalue weighted by molar-refractivity contribution is 14.1. The van der Waals surface area contributed by atoms with Gasteiger partial charge in [-0.25, -0.2) is 5.43 Å². The Balaban J connectivity index is 1.55. The number of aryl methyl sites for hydroxylation is 1. The molecule has 1 saturated heterocycles. The lowest BCUT2D eigenvalue weighted by Gasteiger charge is -2.27. The Morgan fingerprint density at radius 1 is 0.967 bits per heavy atom. The molecule has 0 bridgehead atoms. The van der Waals surface area contributed by atoms with E-state index < -0.39 is 0 Å². The number of benzene rings is 2. The zero-order chi connectivity index (χ0) is 20.8. The van der Waals surface area contributed by atoms with Gasteiger partial charge in [0.25, 0.3) is 0 Å². The largest absolute Gasteiger partial charge is 0.378 e. The van der Waals surface area contributed by atoms with Crippen LogP contribution in [0.2, 0.25) is 0 Å². The molecule has 0 saturated carbocycles. The van der Waals surface area contributed by atoms with Crippen molar-refractivity contribution in [3.05, 3.63) is 63.2 Å². The number of hydrazone groups is 1. The second-order valence-corrected chi connectivity index (χ2v) is 8.04. The third-order valence-electron chi connectivity index (χ3n) is 4.47. The Bertz CT molecular complexity index is 1000. The molecule has 0 unspecified atom stereocenters. The van der Waals surface area contributed by atoms with Crippen LogP contribution in [0.3, 0.4) is 0 Å². The summed E-state index contributed by atoms with van der Waals surface area (Å²) in [5.74, 6) is 1.43. The lowest BCUT2D eigenvalue weighted by atomic mass is 10.2. The van der Waals surface area contributed by atoms with Crippen molar-refractivity contribution in [1.29, 1.82) is 0 Å². The fourth-order valence-corrected chi connectivity index (χ4v) is 3.21. The fraction of sp³-hybridized carbons (Fsp3) is 0.238. The maximum atomic E-state index is 5.44. The number of morpholine rings is 1. The van der Waals surface area contributed by atoms with Gasteiger partial charge in [0.15, 0.2) is 0 Å². The van der Waals surface area contributed by atoms with Crippen molar-refractivity contribution in [3.63, 3.8) is 0 Å². The van der Waals surface area contributed by atoms with Crippen molar-refractivity contribution in [2.45, 2.75) is 6.92 Å². The predicted molar refractivity (Wildman–Crippen MR) is 128 cm³/mol. The van der Waals surface area contributed by atoms with Crippen LogP contribution in [-0.2, 0) is 4.74 Å². The van der Waals surface area contributed by atoms with Gasteiger partial charge in [-0.1, -0.05) is 29.8 Å². The lowest BCUT2D eigenvalue weighted by molar-refractivity contribution is 0.122. The number of aromatic nitrogens is 3. The first-order chi connectivity index (χ1) is 14.7. The van der Waals surface area contributed by atoms with Gasteiger partial charge < -0.3 is 15.0 Å². The molecule has 3 aromatic rings. The standard InChI is InChI=1S/C21H22IN7O/c1-15-2-8-18(9-3-15)24-19-25-20(27-21(26-19)29-10-12-30-13-11-29)28-23-14-16-4-6-17(22)7-5-16/h2-9,14H,10-13H2,1H3,(H2,24,25,26,27,28). The van der Waals surface area contributed by atoms with E-state index in [1.807, 2.05) is 48.5 Å². The summed E-state index contributed by atoms with van der Waals surface area (Å²) >= 11 is 2.27. The molecule has 30 heavy (non-hydrogen) atoms. The Morgan fingerprint density at radius 2 is 1.67 bits per heavy atom. The molecule has 0 aliphatic carbocycles. The number of anilines is 4. The fourth-order valence-electron chi connectivity index (χ4n) is 2.85. The monoisotopic (exact) mass is 515 g/mol. The lowest BCUT2D eigenvalue weighted by Crippen LogP contribution is -2.37. The Kier molecular flexibility index (Phi) is 6.70. The topological polar surface area (TPSA) is 87.6 Å². The van der Waals surface area contributed by atoms with Crippen molar-refractivity contribution in [1.82, 2.24) is 15.0 Å². The maximum Gasteiger partial charge on any atom is 0.250 e. The Morgan fingerprint density at radius 3 is 2.40 bits per heavy atom. The summed E-state index contributed by atoms with van der Waals surface area (Å²) in [7, 11) is 0. The number of hydrogen-bond acceptors (Lipinski definition) is 8. The van der Waals surface area contributed by atoms with Crippen molar-refractivity contribution in [2.24, 2.45) is 5.10 Å². The molecule has 0 spiro atoms. The molecule has 4 rings (SSSR count). The van der Waals surface area contributed by atoms with Crippen LogP contribution in [0.25, 0.3) is 0 Å². The summed E-state index contributed by atoms with van der Waals surface area (Å²) < 4.78 is 6.62. The van der Waals surface area contributed by atoms with Gasteiger partial charge in [-0.05, 0) is 59.3 Å². The summed E-state index contributed by atoms with van der Waals surface area (Å²) in [6.07, 6.45) is 1.74. The van der Waals surface area contributed by atoms with Gasteiger partial charge in [0.1, 0.15) is 0 Å². The molecule has 1 aromatic heterocycles. The average molecular weight is 515 g/mol. The van der Waals surface area contributed by atoms with E-state index in [1.165, 1.54) is 9.13 Å². The molecule has 2 heterocycles. The van der Waals surface area contributed by atoms with Crippen molar-refractivity contribution in [3.8, 4) is 0 Å². The quantitative estimate of drug-likeness (QED) is 0.293. The molecule has 1 fully saturated rings. The number of hydrogen-bond donors (Lipinski definition) is 2. The van der Waals surface area contributed by atoms with Crippen molar-refractivity contribution in [2.75, 3.05) is 41.9 Å². The van der Waals surface area contributed by atoms with E-state index in [-0.39, 0.29) is 0 Å². The number of halogens is 1. The van der Waals surface area contributed by atoms with Gasteiger partial charge in [0.2, 0.25) is 17.8 Å². The molecule has 0 radical (unpaired) electrons. The number of nitrogens with zero attached hydrogens (tertiary/aromatic N) is 5. The Hall–Kier alpha value is -2.79. The van der Waals surface area contributed by atoms with Gasteiger partial charge in [-0.15, -0.1) is 0 Å². The van der Waals surface area contributed by atoms with Crippen LogP contribution < -0.4 is 15.6 Å². The van der Waals surface area contributed by atoms with E-state index in [0.717, 1.165) is 24.3 Å². The highest BCUT2D eigenvalue weighted by atomic mass is 127. The van der Waals surface area contributed by atoms with Crippen LogP contribution in [0.4, 0.5) is 23.5 Å². The normalized spacial score (nSPS) is 14.1. The van der Waals surface area contributed by atoms with Crippen molar-refractivity contribution < 1.29 is 4.74 Å².